The summed E-state index contributed by atoms with van der Waals surface area (Å²) in [5.41, 5.74) is 0. The molecule has 1 aromatic rings. The average Bonchev–Trinajstić information content (AvgIpc) is 2.45. The molecule has 106 valence electrons. The van der Waals surface area contributed by atoms with Gasteiger partial charge in [0.2, 0.25) is 0 Å². The summed E-state index contributed by atoms with van der Waals surface area (Å²) in [6.45, 7) is 5.87. The van der Waals surface area contributed by atoms with Crippen LogP contribution < -0.4 is 9.47 Å². The second-order valence-corrected chi connectivity index (χ2v) is 4.56. The van der Waals surface area contributed by atoms with E-state index in [4.69, 9.17) is 9.47 Å². The Bertz CT molecular complexity index is 359. The van der Waals surface area contributed by atoms with Crippen molar-refractivity contribution in [2.24, 2.45) is 0 Å². The normalized spacial score (nSPS) is 13.6. The fraction of sp³-hybridized carbons (Fsp3) is 0.500. The molecule has 0 saturated heterocycles. The molecule has 0 unspecified atom stereocenters. The Labute approximate surface area is 115 Å². The minimum Gasteiger partial charge on any atom is -0.497 e. The Balaban J connectivity index is 2.52. The second kappa shape index (κ2) is 8.59. The van der Waals surface area contributed by atoms with Crippen molar-refractivity contribution in [2.75, 3.05) is 7.11 Å². The fourth-order valence-corrected chi connectivity index (χ4v) is 1.86. The molecule has 0 aliphatic rings. The lowest BCUT2D eigenvalue weighted by molar-refractivity contribution is 0.0562. The highest BCUT2D eigenvalue weighted by molar-refractivity contribution is 5.31. The van der Waals surface area contributed by atoms with Gasteiger partial charge < -0.3 is 14.6 Å². The molecule has 1 rings (SSSR count). The van der Waals surface area contributed by atoms with Crippen LogP contribution in [0.4, 0.5) is 0 Å². The molecule has 2 atom stereocenters. The summed E-state index contributed by atoms with van der Waals surface area (Å²) in [6, 6.07) is 7.32. The summed E-state index contributed by atoms with van der Waals surface area (Å²) in [6.07, 6.45) is 4.79. The van der Waals surface area contributed by atoms with Crippen LogP contribution in [0, 0.1) is 0 Å². The van der Waals surface area contributed by atoms with E-state index >= 15 is 0 Å². The number of benzene rings is 1. The van der Waals surface area contributed by atoms with E-state index in [0.717, 1.165) is 31.4 Å². The first kappa shape index (κ1) is 15.6. The van der Waals surface area contributed by atoms with Gasteiger partial charge in [0.25, 0.3) is 0 Å². The molecule has 0 saturated carbocycles. The average molecular weight is 264 g/mol. The zero-order valence-corrected chi connectivity index (χ0v) is 11.8. The van der Waals surface area contributed by atoms with Crippen molar-refractivity contribution >= 4 is 0 Å². The van der Waals surface area contributed by atoms with Crippen molar-refractivity contribution in [3.05, 3.63) is 36.9 Å². The van der Waals surface area contributed by atoms with E-state index in [0.29, 0.717) is 5.75 Å². The maximum atomic E-state index is 10.1. The molecule has 0 aliphatic carbocycles. The number of hydrogen-bond acceptors (Lipinski definition) is 3. The maximum absolute atomic E-state index is 10.1. The fourth-order valence-electron chi connectivity index (χ4n) is 1.86. The van der Waals surface area contributed by atoms with E-state index in [9.17, 15) is 5.11 Å². The van der Waals surface area contributed by atoms with Crippen LogP contribution in [0.25, 0.3) is 0 Å². The Kier molecular flexibility index (Phi) is 7.04. The van der Waals surface area contributed by atoms with E-state index in [1.165, 1.54) is 0 Å². The highest BCUT2D eigenvalue weighted by Crippen LogP contribution is 2.20. The minimum absolute atomic E-state index is 0.370. The van der Waals surface area contributed by atoms with E-state index in [1.807, 2.05) is 24.3 Å². The van der Waals surface area contributed by atoms with E-state index in [2.05, 4.69) is 13.5 Å². The summed E-state index contributed by atoms with van der Waals surface area (Å²) in [4.78, 5) is 0. The monoisotopic (exact) mass is 264 g/mol. The number of aliphatic hydroxyl groups is 1. The third-order valence-corrected chi connectivity index (χ3v) is 3.05. The second-order valence-electron chi connectivity index (χ2n) is 4.56. The molecule has 0 radical (unpaired) electrons. The largest absolute Gasteiger partial charge is 0.497 e. The number of methoxy groups -OCH3 is 1. The third kappa shape index (κ3) is 5.35. The Hall–Kier alpha value is -1.48. The van der Waals surface area contributed by atoms with Gasteiger partial charge in [0.05, 0.1) is 13.2 Å². The first-order chi connectivity index (χ1) is 9.21. The van der Waals surface area contributed by atoms with Gasteiger partial charge in [-0.15, -0.1) is 0 Å². The van der Waals surface area contributed by atoms with Gasteiger partial charge in [-0.25, -0.2) is 0 Å². The van der Waals surface area contributed by atoms with Gasteiger partial charge in [-0.3, -0.25) is 0 Å². The molecule has 3 heteroatoms. The maximum Gasteiger partial charge on any atom is 0.142 e. The summed E-state index contributed by atoms with van der Waals surface area (Å²) >= 11 is 0. The third-order valence-electron chi connectivity index (χ3n) is 3.05. The molecule has 1 aromatic carbocycles. The van der Waals surface area contributed by atoms with Crippen LogP contribution in [0.15, 0.2) is 36.9 Å². The van der Waals surface area contributed by atoms with Crippen molar-refractivity contribution in [1.29, 1.82) is 0 Å². The van der Waals surface area contributed by atoms with Crippen LogP contribution in [-0.4, -0.2) is 24.4 Å². The van der Waals surface area contributed by atoms with Crippen molar-refractivity contribution in [3.63, 3.8) is 0 Å². The van der Waals surface area contributed by atoms with E-state index < -0.39 is 6.10 Å². The zero-order valence-electron chi connectivity index (χ0n) is 11.8. The first-order valence-electron chi connectivity index (χ1n) is 6.82. The van der Waals surface area contributed by atoms with Gasteiger partial charge >= 0.3 is 0 Å². The van der Waals surface area contributed by atoms with Crippen molar-refractivity contribution in [2.45, 2.75) is 44.8 Å². The molecule has 3 nitrogen and oxygen atoms in total. The number of unbranched alkanes of at least 4 members (excludes halogenated alkanes) is 2. The molecule has 0 bridgehead atoms. The predicted octanol–water partition coefficient (Wildman–Crippen LogP) is 3.57. The summed E-state index contributed by atoms with van der Waals surface area (Å²) < 4.78 is 10.8. The van der Waals surface area contributed by atoms with Gasteiger partial charge in [0, 0.05) is 0 Å². The number of aliphatic hydroxyl groups excluding tert-OH is 1. The molecule has 0 aromatic heterocycles. The Morgan fingerprint density at radius 1 is 1.21 bits per heavy atom. The molecular formula is C16H24O3. The molecule has 0 aliphatic heterocycles. The van der Waals surface area contributed by atoms with Crippen molar-refractivity contribution < 1.29 is 14.6 Å². The van der Waals surface area contributed by atoms with Gasteiger partial charge in [-0.1, -0.05) is 32.8 Å². The summed E-state index contributed by atoms with van der Waals surface area (Å²) in [7, 11) is 1.62. The molecular weight excluding hydrogens is 240 g/mol. The molecule has 0 fully saturated rings. The van der Waals surface area contributed by atoms with Gasteiger partial charge in [-0.05, 0) is 36.8 Å². The predicted molar refractivity (Wildman–Crippen MR) is 77.8 cm³/mol. The van der Waals surface area contributed by atoms with E-state index in [-0.39, 0.29) is 6.10 Å². The van der Waals surface area contributed by atoms with Gasteiger partial charge in [-0.2, -0.15) is 0 Å². The minimum atomic E-state index is -0.508. The van der Waals surface area contributed by atoms with Crippen LogP contribution in [0.3, 0.4) is 0 Å². The van der Waals surface area contributed by atoms with Crippen LogP contribution in [0.2, 0.25) is 0 Å². The summed E-state index contributed by atoms with van der Waals surface area (Å²) in [5.74, 6) is 1.49. The lowest BCUT2D eigenvalue weighted by Crippen LogP contribution is -2.29. The highest BCUT2D eigenvalue weighted by Gasteiger charge is 2.17. The molecule has 19 heavy (non-hydrogen) atoms. The Morgan fingerprint density at radius 3 is 2.37 bits per heavy atom. The Morgan fingerprint density at radius 2 is 1.84 bits per heavy atom. The molecule has 1 N–H and O–H groups in total. The standard InChI is InChI=1S/C16H24O3/c1-4-6-7-8-15(17)16(5-2)19-14-11-9-13(18-3)10-12-14/h5,9-12,15-17H,2,4,6-8H2,1,3H3/t15-,16+/m0/s1. The lowest BCUT2D eigenvalue weighted by Gasteiger charge is -2.21. The molecule has 0 heterocycles. The van der Waals surface area contributed by atoms with Gasteiger partial charge in [0.15, 0.2) is 0 Å². The molecule has 0 spiro atoms. The zero-order chi connectivity index (χ0) is 14.1. The topological polar surface area (TPSA) is 38.7 Å². The highest BCUT2D eigenvalue weighted by atomic mass is 16.5. The van der Waals surface area contributed by atoms with Crippen LogP contribution in [0.1, 0.15) is 32.6 Å². The van der Waals surface area contributed by atoms with Crippen LogP contribution in [0.5, 0.6) is 11.5 Å². The smallest absolute Gasteiger partial charge is 0.142 e. The van der Waals surface area contributed by atoms with Crippen molar-refractivity contribution in [1.82, 2.24) is 0 Å². The molecule has 0 amide bonds. The SMILES string of the molecule is C=C[C@@H](Oc1ccc(OC)cc1)[C@@H](O)CCCCC. The van der Waals surface area contributed by atoms with Gasteiger partial charge in [0.1, 0.15) is 17.6 Å². The van der Waals surface area contributed by atoms with E-state index in [1.54, 1.807) is 13.2 Å². The van der Waals surface area contributed by atoms with Crippen molar-refractivity contribution in [3.8, 4) is 11.5 Å². The first-order valence-corrected chi connectivity index (χ1v) is 6.82. The quantitative estimate of drug-likeness (QED) is 0.547. The van der Waals surface area contributed by atoms with Crippen LogP contribution >= 0.6 is 0 Å². The number of rotatable bonds is 9. The van der Waals surface area contributed by atoms with Crippen LogP contribution in [-0.2, 0) is 0 Å². The lowest BCUT2D eigenvalue weighted by atomic mass is 10.1. The summed E-state index contributed by atoms with van der Waals surface area (Å²) in [5, 5.41) is 10.1. The number of hydrogen-bond donors (Lipinski definition) is 1. The number of ether oxygens (including phenoxy) is 2.